The van der Waals surface area contributed by atoms with Crippen LogP contribution in [0, 0.1) is 11.3 Å². The molecule has 0 aromatic heterocycles. The van der Waals surface area contributed by atoms with E-state index in [-0.39, 0.29) is 0 Å². The van der Waals surface area contributed by atoms with E-state index in [1.807, 2.05) is 6.92 Å². The Morgan fingerprint density at radius 1 is 1.47 bits per heavy atom. The van der Waals surface area contributed by atoms with Crippen LogP contribution in [0.25, 0.3) is 0 Å². The highest BCUT2D eigenvalue weighted by Crippen LogP contribution is 2.30. The van der Waals surface area contributed by atoms with Crippen molar-refractivity contribution in [2.75, 3.05) is 7.11 Å². The molecule has 0 radical (unpaired) electrons. The van der Waals surface area contributed by atoms with E-state index in [9.17, 15) is 4.79 Å². The number of nitrogens with zero attached hydrogens (tertiary/aromatic N) is 1. The molecule has 1 atom stereocenters. The summed E-state index contributed by atoms with van der Waals surface area (Å²) in [5, 5.41) is 11.7. The second-order valence-corrected chi connectivity index (χ2v) is 5.62. The number of rotatable bonds is 2. The van der Waals surface area contributed by atoms with Crippen molar-refractivity contribution in [3.63, 3.8) is 0 Å². The lowest BCUT2D eigenvalue weighted by molar-refractivity contribution is 0.0366. The summed E-state index contributed by atoms with van der Waals surface area (Å²) >= 11 is 0. The molecule has 5 heteroatoms. The molecule has 0 saturated heterocycles. The van der Waals surface area contributed by atoms with E-state index in [0.29, 0.717) is 17.7 Å². The molecule has 0 heterocycles. The Bertz CT molecular complexity index is 466. The average Bonchev–Trinajstić information content (AvgIpc) is 2.26. The van der Waals surface area contributed by atoms with Gasteiger partial charge in [0.25, 0.3) is 0 Å². The molecular formula is C14H20N2O3. The standard InChI is InChI=1S/C14H20N2O3/c1-13(2,3)19-12(17)16-11-7-6-10(9-15)14(4,8-11)18-5/h6-7H,8H2,1-5H3,(H,16,17). The number of hydrogen-bond donors (Lipinski definition) is 1. The fraction of sp³-hybridized carbons (Fsp3) is 0.571. The summed E-state index contributed by atoms with van der Waals surface area (Å²) in [6, 6.07) is 2.11. The lowest BCUT2D eigenvalue weighted by atomic mass is 9.87. The summed E-state index contributed by atoms with van der Waals surface area (Å²) in [6.45, 7) is 7.21. The Hall–Kier alpha value is -1.80. The Balaban J connectivity index is 2.78. The fourth-order valence-electron chi connectivity index (χ4n) is 1.74. The Morgan fingerprint density at radius 3 is 2.58 bits per heavy atom. The van der Waals surface area contributed by atoms with Crippen molar-refractivity contribution in [1.29, 1.82) is 5.26 Å². The SMILES string of the molecule is COC1(C)CC(NC(=O)OC(C)(C)C)=CC=C1C#N. The van der Waals surface area contributed by atoms with Crippen molar-refractivity contribution in [3.8, 4) is 6.07 Å². The predicted molar refractivity (Wildman–Crippen MR) is 71.2 cm³/mol. The number of allylic oxidation sites excluding steroid dienone is 2. The third-order valence-corrected chi connectivity index (χ3v) is 2.78. The van der Waals surface area contributed by atoms with Gasteiger partial charge in [-0.2, -0.15) is 5.26 Å². The van der Waals surface area contributed by atoms with Gasteiger partial charge in [0, 0.05) is 19.2 Å². The second kappa shape index (κ2) is 5.45. The van der Waals surface area contributed by atoms with Gasteiger partial charge in [0.2, 0.25) is 0 Å². The van der Waals surface area contributed by atoms with Crippen molar-refractivity contribution in [2.24, 2.45) is 0 Å². The van der Waals surface area contributed by atoms with Gasteiger partial charge in [0.15, 0.2) is 0 Å². The van der Waals surface area contributed by atoms with E-state index >= 15 is 0 Å². The van der Waals surface area contributed by atoms with Gasteiger partial charge in [-0.1, -0.05) is 0 Å². The molecule has 0 aliphatic heterocycles. The highest BCUT2D eigenvalue weighted by molar-refractivity contribution is 5.70. The summed E-state index contributed by atoms with van der Waals surface area (Å²) in [7, 11) is 1.54. The lowest BCUT2D eigenvalue weighted by Gasteiger charge is -2.31. The van der Waals surface area contributed by atoms with Gasteiger partial charge in [-0.3, -0.25) is 5.32 Å². The molecule has 0 bridgehead atoms. The molecule has 1 unspecified atom stereocenters. The number of ether oxygens (including phenoxy) is 2. The Labute approximate surface area is 113 Å². The third-order valence-electron chi connectivity index (χ3n) is 2.78. The number of amides is 1. The first kappa shape index (κ1) is 15.3. The molecule has 0 spiro atoms. The molecule has 0 saturated carbocycles. The monoisotopic (exact) mass is 264 g/mol. The van der Waals surface area contributed by atoms with Crippen molar-refractivity contribution in [1.82, 2.24) is 5.32 Å². The first-order valence-corrected chi connectivity index (χ1v) is 6.07. The second-order valence-electron chi connectivity index (χ2n) is 5.62. The maximum atomic E-state index is 11.7. The first-order chi connectivity index (χ1) is 8.70. The van der Waals surface area contributed by atoms with Crippen LogP contribution in [0.2, 0.25) is 0 Å². The number of methoxy groups -OCH3 is 1. The van der Waals surface area contributed by atoms with Crippen LogP contribution in [0.15, 0.2) is 23.4 Å². The van der Waals surface area contributed by atoms with E-state index in [1.165, 1.54) is 0 Å². The van der Waals surface area contributed by atoms with Gasteiger partial charge in [0.1, 0.15) is 11.2 Å². The van der Waals surface area contributed by atoms with Crippen molar-refractivity contribution < 1.29 is 14.3 Å². The average molecular weight is 264 g/mol. The van der Waals surface area contributed by atoms with Gasteiger partial charge in [-0.25, -0.2) is 4.79 Å². The quantitative estimate of drug-likeness (QED) is 0.832. The highest BCUT2D eigenvalue weighted by atomic mass is 16.6. The molecule has 0 aromatic rings. The van der Waals surface area contributed by atoms with E-state index in [1.54, 1.807) is 40.0 Å². The molecule has 1 amide bonds. The number of nitrogens with one attached hydrogen (secondary N) is 1. The van der Waals surface area contributed by atoms with Crippen LogP contribution < -0.4 is 5.32 Å². The van der Waals surface area contributed by atoms with Crippen molar-refractivity contribution in [2.45, 2.75) is 45.3 Å². The molecule has 19 heavy (non-hydrogen) atoms. The number of alkyl carbamates (subject to hydrolysis) is 1. The smallest absolute Gasteiger partial charge is 0.411 e. The first-order valence-electron chi connectivity index (χ1n) is 6.07. The predicted octanol–water partition coefficient (Wildman–Crippen LogP) is 2.65. The van der Waals surface area contributed by atoms with Gasteiger partial charge in [-0.15, -0.1) is 0 Å². The van der Waals surface area contributed by atoms with Crippen molar-refractivity contribution in [3.05, 3.63) is 23.4 Å². The van der Waals surface area contributed by atoms with Crippen LogP contribution in [0.5, 0.6) is 0 Å². The molecule has 1 aliphatic carbocycles. The normalized spacial score (nSPS) is 22.9. The summed E-state index contributed by atoms with van der Waals surface area (Å²) in [4.78, 5) is 11.7. The minimum Gasteiger partial charge on any atom is -0.444 e. The minimum absolute atomic E-state index is 0.419. The largest absolute Gasteiger partial charge is 0.444 e. The zero-order valence-corrected chi connectivity index (χ0v) is 12.0. The van der Waals surface area contributed by atoms with Gasteiger partial charge < -0.3 is 9.47 Å². The van der Waals surface area contributed by atoms with Gasteiger partial charge >= 0.3 is 6.09 Å². The van der Waals surface area contributed by atoms with Crippen molar-refractivity contribution >= 4 is 6.09 Å². The number of carbonyl (C=O) groups excluding carboxylic acids is 1. The van der Waals surface area contributed by atoms with E-state index in [0.717, 1.165) is 0 Å². The minimum atomic E-state index is -0.714. The van der Waals surface area contributed by atoms with Crippen LogP contribution in [0.3, 0.4) is 0 Å². The van der Waals surface area contributed by atoms with Crippen LogP contribution in [0.4, 0.5) is 4.79 Å². The molecule has 104 valence electrons. The van der Waals surface area contributed by atoms with Gasteiger partial charge in [-0.05, 0) is 39.8 Å². The summed E-state index contributed by atoms with van der Waals surface area (Å²) in [5.74, 6) is 0. The van der Waals surface area contributed by atoms with E-state index < -0.39 is 17.3 Å². The topological polar surface area (TPSA) is 71.3 Å². The zero-order valence-electron chi connectivity index (χ0n) is 12.0. The molecule has 5 nitrogen and oxygen atoms in total. The van der Waals surface area contributed by atoms with Crippen LogP contribution in [-0.2, 0) is 9.47 Å². The molecule has 1 aliphatic rings. The number of nitriles is 1. The Kier molecular flexibility index (Phi) is 4.38. The van der Waals surface area contributed by atoms with E-state index in [2.05, 4.69) is 11.4 Å². The summed E-state index contributed by atoms with van der Waals surface area (Å²) in [6.07, 6.45) is 3.26. The number of hydrogen-bond acceptors (Lipinski definition) is 4. The summed E-state index contributed by atoms with van der Waals surface area (Å²) in [5.41, 5.74) is -0.0620. The maximum Gasteiger partial charge on any atom is 0.411 e. The van der Waals surface area contributed by atoms with E-state index in [4.69, 9.17) is 14.7 Å². The molecule has 0 aromatic carbocycles. The van der Waals surface area contributed by atoms with Crippen LogP contribution in [-0.4, -0.2) is 24.4 Å². The molecular weight excluding hydrogens is 244 g/mol. The lowest BCUT2D eigenvalue weighted by Crippen LogP contribution is -2.38. The molecule has 1 N–H and O–H groups in total. The number of carbonyl (C=O) groups is 1. The zero-order chi connectivity index (χ0) is 14.7. The fourth-order valence-corrected chi connectivity index (χ4v) is 1.74. The third kappa shape index (κ3) is 4.11. The maximum absolute atomic E-state index is 11.7. The highest BCUT2D eigenvalue weighted by Gasteiger charge is 2.33. The molecule has 0 fully saturated rings. The summed E-state index contributed by atoms with van der Waals surface area (Å²) < 4.78 is 10.5. The Morgan fingerprint density at radius 2 is 2.11 bits per heavy atom. The van der Waals surface area contributed by atoms with Crippen LogP contribution in [0.1, 0.15) is 34.1 Å². The van der Waals surface area contributed by atoms with Gasteiger partial charge in [0.05, 0.1) is 11.6 Å². The van der Waals surface area contributed by atoms with Crippen LogP contribution >= 0.6 is 0 Å². The molecule has 1 rings (SSSR count).